The SMILES string of the molecule is O=C1Nc2cc(C(=O)NC3CCCc4ccccc43)ccc2O/C1=C\c1cccc(Cl)c1. The predicted molar refractivity (Wildman–Crippen MR) is 125 cm³/mol. The van der Waals surface area contributed by atoms with Gasteiger partial charge in [0.2, 0.25) is 0 Å². The number of anilines is 1. The molecule has 32 heavy (non-hydrogen) atoms. The first-order valence-corrected chi connectivity index (χ1v) is 10.9. The second kappa shape index (κ2) is 8.52. The summed E-state index contributed by atoms with van der Waals surface area (Å²) in [6.07, 6.45) is 4.62. The third-order valence-electron chi connectivity index (χ3n) is 5.75. The molecule has 1 aliphatic carbocycles. The minimum atomic E-state index is -0.378. The highest BCUT2D eigenvalue weighted by atomic mass is 35.5. The van der Waals surface area contributed by atoms with Gasteiger partial charge in [-0.05, 0) is 72.4 Å². The average Bonchev–Trinajstić information content (AvgIpc) is 2.79. The van der Waals surface area contributed by atoms with Crippen molar-refractivity contribution < 1.29 is 14.3 Å². The molecule has 1 atom stereocenters. The molecule has 160 valence electrons. The number of aryl methyl sites for hydroxylation is 1. The third-order valence-corrected chi connectivity index (χ3v) is 5.99. The van der Waals surface area contributed by atoms with Crippen molar-refractivity contribution in [2.24, 2.45) is 0 Å². The van der Waals surface area contributed by atoms with Gasteiger partial charge in [-0.3, -0.25) is 9.59 Å². The first-order chi connectivity index (χ1) is 15.6. The zero-order valence-corrected chi connectivity index (χ0v) is 18.0. The fourth-order valence-electron chi connectivity index (χ4n) is 4.19. The summed E-state index contributed by atoms with van der Waals surface area (Å²) in [6, 6.07) is 20.4. The lowest BCUT2D eigenvalue weighted by Crippen LogP contribution is -2.31. The molecule has 5 rings (SSSR count). The van der Waals surface area contributed by atoms with Crippen LogP contribution in [0.2, 0.25) is 5.02 Å². The van der Waals surface area contributed by atoms with Crippen molar-refractivity contribution in [1.29, 1.82) is 0 Å². The van der Waals surface area contributed by atoms with Crippen molar-refractivity contribution in [2.45, 2.75) is 25.3 Å². The van der Waals surface area contributed by atoms with E-state index >= 15 is 0 Å². The van der Waals surface area contributed by atoms with Gasteiger partial charge >= 0.3 is 0 Å². The summed E-state index contributed by atoms with van der Waals surface area (Å²) in [5, 5.41) is 6.53. The molecule has 2 aliphatic rings. The van der Waals surface area contributed by atoms with E-state index in [9.17, 15) is 9.59 Å². The lowest BCUT2D eigenvalue weighted by molar-refractivity contribution is -0.115. The zero-order chi connectivity index (χ0) is 22.1. The summed E-state index contributed by atoms with van der Waals surface area (Å²) in [5.74, 6) is 0.0912. The van der Waals surface area contributed by atoms with Gasteiger partial charge in [0.15, 0.2) is 11.5 Å². The van der Waals surface area contributed by atoms with E-state index in [1.54, 1.807) is 42.5 Å². The normalized spacial score (nSPS) is 18.2. The van der Waals surface area contributed by atoms with Crippen molar-refractivity contribution in [3.8, 4) is 5.75 Å². The summed E-state index contributed by atoms with van der Waals surface area (Å²) in [4.78, 5) is 25.5. The maximum absolute atomic E-state index is 12.9. The lowest BCUT2D eigenvalue weighted by atomic mass is 9.87. The fourth-order valence-corrected chi connectivity index (χ4v) is 4.39. The van der Waals surface area contributed by atoms with Crippen LogP contribution < -0.4 is 15.4 Å². The highest BCUT2D eigenvalue weighted by molar-refractivity contribution is 6.30. The number of fused-ring (bicyclic) bond motifs is 2. The van der Waals surface area contributed by atoms with Crippen LogP contribution in [0.3, 0.4) is 0 Å². The molecule has 2 amide bonds. The summed E-state index contributed by atoms with van der Waals surface area (Å²) in [7, 11) is 0. The maximum Gasteiger partial charge on any atom is 0.291 e. The van der Waals surface area contributed by atoms with Crippen molar-refractivity contribution in [1.82, 2.24) is 5.32 Å². The third kappa shape index (κ3) is 4.12. The van der Waals surface area contributed by atoms with Gasteiger partial charge in [0.1, 0.15) is 0 Å². The molecule has 0 fully saturated rings. The number of ether oxygens (including phenoxy) is 1. The Morgan fingerprint density at radius 2 is 1.97 bits per heavy atom. The Morgan fingerprint density at radius 1 is 1.09 bits per heavy atom. The molecule has 0 saturated carbocycles. The molecule has 2 N–H and O–H groups in total. The number of amides is 2. The highest BCUT2D eigenvalue weighted by Crippen LogP contribution is 2.34. The van der Waals surface area contributed by atoms with Crippen molar-refractivity contribution in [3.63, 3.8) is 0 Å². The van der Waals surface area contributed by atoms with E-state index in [0.29, 0.717) is 22.0 Å². The fraction of sp³-hybridized carbons (Fsp3) is 0.154. The van der Waals surface area contributed by atoms with Gasteiger partial charge in [0, 0.05) is 10.6 Å². The van der Waals surface area contributed by atoms with E-state index < -0.39 is 0 Å². The van der Waals surface area contributed by atoms with Crippen molar-refractivity contribution in [3.05, 3.63) is 99.8 Å². The van der Waals surface area contributed by atoms with E-state index in [1.807, 2.05) is 18.2 Å². The molecule has 1 heterocycles. The van der Waals surface area contributed by atoms with Crippen LogP contribution >= 0.6 is 11.6 Å². The summed E-state index contributed by atoms with van der Waals surface area (Å²) in [6.45, 7) is 0. The molecule has 1 unspecified atom stereocenters. The zero-order valence-electron chi connectivity index (χ0n) is 17.2. The molecule has 0 aromatic heterocycles. The highest BCUT2D eigenvalue weighted by Gasteiger charge is 2.25. The topological polar surface area (TPSA) is 67.4 Å². The number of halogens is 1. The number of carbonyl (C=O) groups excluding carboxylic acids is 2. The molecule has 0 spiro atoms. The van der Waals surface area contributed by atoms with Gasteiger partial charge in [-0.25, -0.2) is 0 Å². The number of carbonyl (C=O) groups is 2. The standard InChI is InChI=1S/C26H21ClN2O3/c27-19-8-3-5-16(13-19)14-24-26(31)29-22-15-18(11-12-23(22)32-24)25(30)28-21-10-4-7-17-6-1-2-9-20(17)21/h1-3,5-6,8-9,11-15,21H,4,7,10H2,(H,28,30)(H,29,31)/b24-14-. The molecule has 3 aromatic carbocycles. The second-order valence-electron chi connectivity index (χ2n) is 7.95. The molecule has 6 heteroatoms. The molecule has 0 saturated heterocycles. The summed E-state index contributed by atoms with van der Waals surface area (Å²) >= 11 is 6.02. The van der Waals surface area contributed by atoms with Gasteiger partial charge in [0.05, 0.1) is 11.7 Å². The van der Waals surface area contributed by atoms with Gasteiger partial charge in [-0.1, -0.05) is 48.0 Å². The van der Waals surface area contributed by atoms with Crippen LogP contribution in [0.25, 0.3) is 6.08 Å². The number of benzene rings is 3. The Bertz CT molecular complexity index is 1250. The smallest absolute Gasteiger partial charge is 0.291 e. The molecule has 0 bridgehead atoms. The van der Waals surface area contributed by atoms with E-state index in [2.05, 4.69) is 22.8 Å². The van der Waals surface area contributed by atoms with Gasteiger partial charge in [-0.2, -0.15) is 0 Å². The first kappa shape index (κ1) is 20.3. The Labute approximate surface area is 191 Å². The largest absolute Gasteiger partial charge is 0.449 e. The summed E-state index contributed by atoms with van der Waals surface area (Å²) in [5.41, 5.74) is 4.16. The van der Waals surface area contributed by atoms with Gasteiger partial charge in [-0.15, -0.1) is 0 Å². The van der Waals surface area contributed by atoms with E-state index in [1.165, 1.54) is 11.1 Å². The van der Waals surface area contributed by atoms with Crippen molar-refractivity contribution in [2.75, 3.05) is 5.32 Å². The van der Waals surface area contributed by atoms with Crippen molar-refractivity contribution >= 4 is 35.2 Å². The Balaban J connectivity index is 1.35. The number of hydrogen-bond donors (Lipinski definition) is 2. The molecular weight excluding hydrogens is 424 g/mol. The van der Waals surface area contributed by atoms with E-state index in [0.717, 1.165) is 24.8 Å². The van der Waals surface area contributed by atoms with Gasteiger partial charge in [0.25, 0.3) is 11.8 Å². The minimum Gasteiger partial charge on any atom is -0.449 e. The van der Waals surface area contributed by atoms with E-state index in [4.69, 9.17) is 16.3 Å². The van der Waals surface area contributed by atoms with Crippen LogP contribution in [0.1, 0.15) is 45.9 Å². The number of hydrogen-bond acceptors (Lipinski definition) is 3. The molecule has 3 aromatic rings. The quantitative estimate of drug-likeness (QED) is 0.523. The summed E-state index contributed by atoms with van der Waals surface area (Å²) < 4.78 is 5.79. The second-order valence-corrected chi connectivity index (χ2v) is 8.38. The average molecular weight is 445 g/mol. The Morgan fingerprint density at radius 3 is 2.84 bits per heavy atom. The molecular formula is C26H21ClN2O3. The Kier molecular flexibility index (Phi) is 5.41. The van der Waals surface area contributed by atoms with Crippen LogP contribution in [0.4, 0.5) is 5.69 Å². The molecule has 5 nitrogen and oxygen atoms in total. The van der Waals surface area contributed by atoms with Gasteiger partial charge < -0.3 is 15.4 Å². The lowest BCUT2D eigenvalue weighted by Gasteiger charge is -2.26. The van der Waals surface area contributed by atoms with Crippen LogP contribution in [0, 0.1) is 0 Å². The number of nitrogens with one attached hydrogen (secondary N) is 2. The molecule has 0 radical (unpaired) electrons. The Hall–Kier alpha value is -3.57. The van der Waals surface area contributed by atoms with Crippen LogP contribution in [0.5, 0.6) is 5.75 Å². The van der Waals surface area contributed by atoms with Crippen LogP contribution in [-0.4, -0.2) is 11.8 Å². The first-order valence-electron chi connectivity index (χ1n) is 10.6. The number of rotatable bonds is 3. The maximum atomic E-state index is 12.9. The van der Waals surface area contributed by atoms with Crippen LogP contribution in [-0.2, 0) is 11.2 Å². The predicted octanol–water partition coefficient (Wildman–Crippen LogP) is 5.52. The van der Waals surface area contributed by atoms with Crippen LogP contribution in [0.15, 0.2) is 72.5 Å². The minimum absolute atomic E-state index is 0.0124. The van der Waals surface area contributed by atoms with E-state index in [-0.39, 0.29) is 23.6 Å². The molecule has 1 aliphatic heterocycles. The monoisotopic (exact) mass is 444 g/mol.